The largest absolute Gasteiger partial charge is 0.481 e. The highest BCUT2D eigenvalue weighted by molar-refractivity contribution is 7.99. The maximum atomic E-state index is 12.6. The fourth-order valence-electron chi connectivity index (χ4n) is 2.31. The molecule has 0 spiro atoms. The highest BCUT2D eigenvalue weighted by Crippen LogP contribution is 2.27. The van der Waals surface area contributed by atoms with E-state index in [1.807, 2.05) is 42.1 Å². The number of anilines is 1. The number of nitrogens with zero attached hydrogens (tertiary/aromatic N) is 1. The molecule has 0 bridgehead atoms. The van der Waals surface area contributed by atoms with Crippen LogP contribution in [0, 0.1) is 5.92 Å². The summed E-state index contributed by atoms with van der Waals surface area (Å²) < 4.78 is 0. The lowest BCUT2D eigenvalue weighted by Crippen LogP contribution is -2.37. The molecule has 0 saturated carbocycles. The Morgan fingerprint density at radius 2 is 2.05 bits per heavy atom. The Bertz CT molecular complexity index is 457. The molecule has 1 unspecified atom stereocenters. The SMILES string of the molecule is O=C(O)CCCN(C(=O)C1CCSC1)c1ccccc1. The Labute approximate surface area is 123 Å². The monoisotopic (exact) mass is 293 g/mol. The number of aliphatic carboxylic acids is 1. The van der Waals surface area contributed by atoms with Gasteiger partial charge in [0.05, 0.1) is 0 Å². The second-order valence-electron chi connectivity index (χ2n) is 4.88. The molecule has 1 N–H and O–H groups in total. The molecule has 1 aromatic rings. The van der Waals surface area contributed by atoms with Crippen LogP contribution < -0.4 is 4.90 Å². The van der Waals surface area contributed by atoms with Crippen LogP contribution in [-0.2, 0) is 9.59 Å². The molecule has 20 heavy (non-hydrogen) atoms. The predicted molar refractivity (Wildman–Crippen MR) is 81.1 cm³/mol. The second-order valence-corrected chi connectivity index (χ2v) is 6.03. The number of carbonyl (C=O) groups is 2. The van der Waals surface area contributed by atoms with Crippen molar-refractivity contribution in [3.63, 3.8) is 0 Å². The maximum absolute atomic E-state index is 12.6. The number of rotatable bonds is 6. The molecule has 1 heterocycles. The van der Waals surface area contributed by atoms with E-state index in [1.54, 1.807) is 4.90 Å². The van der Waals surface area contributed by atoms with Gasteiger partial charge in [0, 0.05) is 30.3 Å². The van der Waals surface area contributed by atoms with E-state index in [1.165, 1.54) is 0 Å². The van der Waals surface area contributed by atoms with Crippen molar-refractivity contribution in [2.75, 3.05) is 23.0 Å². The highest BCUT2D eigenvalue weighted by Gasteiger charge is 2.28. The van der Waals surface area contributed by atoms with Crippen molar-refractivity contribution in [1.82, 2.24) is 0 Å². The Morgan fingerprint density at radius 3 is 2.65 bits per heavy atom. The van der Waals surface area contributed by atoms with Gasteiger partial charge in [0.1, 0.15) is 0 Å². The molecule has 1 aromatic carbocycles. The van der Waals surface area contributed by atoms with Crippen LogP contribution in [0.3, 0.4) is 0 Å². The Hall–Kier alpha value is -1.49. The number of para-hydroxylation sites is 1. The molecule has 1 amide bonds. The van der Waals surface area contributed by atoms with Gasteiger partial charge in [-0.1, -0.05) is 18.2 Å². The zero-order chi connectivity index (χ0) is 14.4. The number of carboxylic acids is 1. The van der Waals surface area contributed by atoms with Gasteiger partial charge in [0.2, 0.25) is 5.91 Å². The Kier molecular flexibility index (Phi) is 5.47. The van der Waals surface area contributed by atoms with E-state index in [4.69, 9.17) is 5.11 Å². The summed E-state index contributed by atoms with van der Waals surface area (Å²) in [5.41, 5.74) is 0.861. The summed E-state index contributed by atoms with van der Waals surface area (Å²) in [6.07, 6.45) is 1.50. The van der Waals surface area contributed by atoms with Gasteiger partial charge in [-0.15, -0.1) is 0 Å². The summed E-state index contributed by atoms with van der Waals surface area (Å²) in [5.74, 6) is 1.30. The number of benzene rings is 1. The lowest BCUT2D eigenvalue weighted by atomic mass is 10.1. The summed E-state index contributed by atoms with van der Waals surface area (Å²) in [6, 6.07) is 9.52. The van der Waals surface area contributed by atoms with Crippen molar-refractivity contribution in [3.8, 4) is 0 Å². The first-order chi connectivity index (χ1) is 9.68. The number of carboxylic acid groups (broad SMARTS) is 1. The molecule has 5 heteroatoms. The lowest BCUT2D eigenvalue weighted by Gasteiger charge is -2.25. The van der Waals surface area contributed by atoms with Crippen molar-refractivity contribution < 1.29 is 14.7 Å². The minimum Gasteiger partial charge on any atom is -0.481 e. The molecule has 0 aromatic heterocycles. The summed E-state index contributed by atoms with van der Waals surface area (Å²) >= 11 is 1.81. The molecule has 108 valence electrons. The molecule has 1 saturated heterocycles. The predicted octanol–water partition coefficient (Wildman–Crippen LogP) is 2.64. The summed E-state index contributed by atoms with van der Waals surface area (Å²) in [6.45, 7) is 0.469. The fourth-order valence-corrected chi connectivity index (χ4v) is 3.52. The van der Waals surface area contributed by atoms with E-state index < -0.39 is 5.97 Å². The van der Waals surface area contributed by atoms with E-state index >= 15 is 0 Å². The van der Waals surface area contributed by atoms with Gasteiger partial charge >= 0.3 is 5.97 Å². The van der Waals surface area contributed by atoms with Crippen LogP contribution in [0.1, 0.15) is 19.3 Å². The van der Waals surface area contributed by atoms with Gasteiger partial charge in [-0.25, -0.2) is 0 Å². The van der Waals surface area contributed by atoms with Crippen LogP contribution >= 0.6 is 11.8 Å². The van der Waals surface area contributed by atoms with Crippen molar-refractivity contribution in [2.45, 2.75) is 19.3 Å². The first-order valence-corrected chi connectivity index (χ1v) is 8.00. The first-order valence-electron chi connectivity index (χ1n) is 6.84. The molecule has 1 aliphatic rings. The normalized spacial score (nSPS) is 17.9. The van der Waals surface area contributed by atoms with Crippen LogP contribution in [0.2, 0.25) is 0 Å². The molecule has 1 aliphatic heterocycles. The molecule has 0 radical (unpaired) electrons. The number of thioether (sulfide) groups is 1. The topological polar surface area (TPSA) is 57.6 Å². The zero-order valence-electron chi connectivity index (χ0n) is 11.3. The Balaban J connectivity index is 2.06. The van der Waals surface area contributed by atoms with Crippen LogP contribution in [0.4, 0.5) is 5.69 Å². The molecule has 4 nitrogen and oxygen atoms in total. The average Bonchev–Trinajstić information content (AvgIpc) is 2.98. The average molecular weight is 293 g/mol. The van der Waals surface area contributed by atoms with Gasteiger partial charge in [0.15, 0.2) is 0 Å². The number of amides is 1. The number of hydrogen-bond donors (Lipinski definition) is 1. The molecule has 1 atom stereocenters. The van der Waals surface area contributed by atoms with Gasteiger partial charge in [-0.2, -0.15) is 11.8 Å². The lowest BCUT2D eigenvalue weighted by molar-refractivity contribution is -0.137. The molecule has 2 rings (SSSR count). The van der Waals surface area contributed by atoms with Crippen LogP contribution in [0.5, 0.6) is 0 Å². The van der Waals surface area contributed by atoms with E-state index in [9.17, 15) is 9.59 Å². The van der Waals surface area contributed by atoms with Crippen molar-refractivity contribution in [2.24, 2.45) is 5.92 Å². The molecular weight excluding hydrogens is 274 g/mol. The summed E-state index contributed by atoms with van der Waals surface area (Å²) in [7, 11) is 0. The molecule has 1 fully saturated rings. The standard InChI is InChI=1S/C15H19NO3S/c17-14(18)7-4-9-16(13-5-2-1-3-6-13)15(19)12-8-10-20-11-12/h1-3,5-6,12H,4,7-11H2,(H,17,18). The van der Waals surface area contributed by atoms with Gasteiger partial charge in [-0.05, 0) is 30.7 Å². The number of carbonyl (C=O) groups excluding carboxylic acids is 1. The van der Waals surface area contributed by atoms with Gasteiger partial charge < -0.3 is 10.0 Å². The summed E-state index contributed by atoms with van der Waals surface area (Å²) in [5, 5.41) is 8.74. The molecule has 0 aliphatic carbocycles. The van der Waals surface area contributed by atoms with Gasteiger partial charge in [0.25, 0.3) is 0 Å². The van der Waals surface area contributed by atoms with E-state index in [-0.39, 0.29) is 18.2 Å². The minimum atomic E-state index is -0.818. The summed E-state index contributed by atoms with van der Waals surface area (Å²) in [4.78, 5) is 25.0. The third-order valence-corrected chi connectivity index (χ3v) is 4.55. The highest BCUT2D eigenvalue weighted by atomic mass is 32.2. The minimum absolute atomic E-state index is 0.0741. The first kappa shape index (κ1) is 14.9. The van der Waals surface area contributed by atoms with E-state index in [2.05, 4.69) is 0 Å². The second kappa shape index (κ2) is 7.33. The van der Waals surface area contributed by atoms with Crippen LogP contribution in [-0.4, -0.2) is 35.0 Å². The maximum Gasteiger partial charge on any atom is 0.303 e. The van der Waals surface area contributed by atoms with Crippen molar-refractivity contribution in [1.29, 1.82) is 0 Å². The molecular formula is C15H19NO3S. The quantitative estimate of drug-likeness (QED) is 0.876. The van der Waals surface area contributed by atoms with Crippen molar-refractivity contribution in [3.05, 3.63) is 30.3 Å². The van der Waals surface area contributed by atoms with Crippen LogP contribution in [0.15, 0.2) is 30.3 Å². The fraction of sp³-hybridized carbons (Fsp3) is 0.467. The zero-order valence-corrected chi connectivity index (χ0v) is 12.1. The number of hydrogen-bond acceptors (Lipinski definition) is 3. The van der Waals surface area contributed by atoms with Gasteiger partial charge in [-0.3, -0.25) is 9.59 Å². The van der Waals surface area contributed by atoms with Crippen LogP contribution in [0.25, 0.3) is 0 Å². The third-order valence-electron chi connectivity index (χ3n) is 3.39. The van der Waals surface area contributed by atoms with E-state index in [0.29, 0.717) is 13.0 Å². The Morgan fingerprint density at radius 1 is 1.30 bits per heavy atom. The smallest absolute Gasteiger partial charge is 0.303 e. The van der Waals surface area contributed by atoms with E-state index in [0.717, 1.165) is 23.6 Å². The third kappa shape index (κ3) is 4.00. The van der Waals surface area contributed by atoms with Crippen molar-refractivity contribution >= 4 is 29.3 Å².